The second-order valence-electron chi connectivity index (χ2n) is 11.2. The van der Waals surface area contributed by atoms with Crippen LogP contribution >= 0.6 is 11.3 Å². The number of carbonyl (C=O) groups is 1. The van der Waals surface area contributed by atoms with E-state index in [1.807, 2.05) is 72.9 Å². The monoisotopic (exact) mass is 735 g/mol. The van der Waals surface area contributed by atoms with E-state index in [9.17, 15) is 9.90 Å². The van der Waals surface area contributed by atoms with Crippen molar-refractivity contribution in [2.24, 2.45) is 10.8 Å². The van der Waals surface area contributed by atoms with Crippen LogP contribution in [-0.2, 0) is 24.9 Å². The fraction of sp³-hybridized carbons (Fsp3) is 0.353. The van der Waals surface area contributed by atoms with Crippen LogP contribution in [0, 0.1) is 30.7 Å². The van der Waals surface area contributed by atoms with Crippen LogP contribution in [0.2, 0.25) is 0 Å². The molecule has 1 N–H and O–H groups in total. The maximum Gasteiger partial charge on any atom is 0.217 e. The quantitative estimate of drug-likeness (QED) is 0.111. The van der Waals surface area contributed by atoms with Gasteiger partial charge in [0.2, 0.25) is 5.88 Å². The minimum absolute atomic E-state index is 0. The summed E-state index contributed by atoms with van der Waals surface area (Å²) in [4.78, 5) is 16.3. The molecule has 4 rings (SSSR count). The number of nitrogens with zero attached hydrogens (tertiary/aromatic N) is 1. The van der Waals surface area contributed by atoms with Crippen LogP contribution < -0.4 is 4.74 Å². The molecule has 0 aliphatic rings. The third kappa shape index (κ3) is 8.60. The Hall–Kier alpha value is -2.79. The molecule has 2 heterocycles. The molecule has 0 aliphatic carbocycles. The van der Waals surface area contributed by atoms with Gasteiger partial charge in [0.15, 0.2) is 5.78 Å². The Balaban J connectivity index is 0.000000307. The third-order valence-electron chi connectivity index (χ3n) is 7.25. The van der Waals surface area contributed by atoms with Gasteiger partial charge in [0.05, 0.1) is 4.70 Å². The molecule has 0 saturated heterocycles. The summed E-state index contributed by atoms with van der Waals surface area (Å²) in [5.41, 5.74) is 3.96. The number of pyridine rings is 1. The summed E-state index contributed by atoms with van der Waals surface area (Å²) in [7, 11) is 0. The molecule has 0 saturated carbocycles. The molecule has 0 unspecified atom stereocenters. The second-order valence-corrected chi connectivity index (χ2v) is 12.1. The number of allylic oxidation sites excluding steroid dienone is 2. The third-order valence-corrected chi connectivity index (χ3v) is 8.19. The van der Waals surface area contributed by atoms with Crippen LogP contribution in [0.5, 0.6) is 11.6 Å². The number of rotatable bonds is 8. The van der Waals surface area contributed by atoms with Gasteiger partial charge in [0.25, 0.3) is 0 Å². The zero-order valence-corrected chi connectivity index (χ0v) is 27.9. The molecule has 215 valence electrons. The van der Waals surface area contributed by atoms with E-state index in [0.29, 0.717) is 11.6 Å². The fourth-order valence-corrected chi connectivity index (χ4v) is 4.62. The van der Waals surface area contributed by atoms with Gasteiger partial charge in [-0.15, -0.1) is 23.5 Å². The van der Waals surface area contributed by atoms with E-state index in [1.165, 1.54) is 22.6 Å². The van der Waals surface area contributed by atoms with E-state index in [1.54, 1.807) is 11.3 Å². The molecule has 0 fully saturated rings. The molecule has 0 bridgehead atoms. The summed E-state index contributed by atoms with van der Waals surface area (Å²) in [5, 5.41) is 13.2. The standard InChI is InChI=1S/C21H16NOS.C13H24O2.Ir/c1-14-8-15(2)10-17(9-14)23-21-11-18-19(13-24-20(18)12-22-21)16-6-4-3-5-7-16;1-7-12(3,4)10(14)9-11(15)13(5,6)8-2;/h3-9,11-13H,1-2H3;9,14H,7-8H2,1-6H3;/q-1;;/b;10-9-;. The van der Waals surface area contributed by atoms with Gasteiger partial charge >= 0.3 is 0 Å². The first kappa shape index (κ1) is 33.4. The molecule has 2 aromatic carbocycles. The zero-order chi connectivity index (χ0) is 28.8. The molecule has 0 atom stereocenters. The number of aliphatic hydroxyl groups is 1. The number of ether oxygens (including phenoxy) is 1. The van der Waals surface area contributed by atoms with Crippen LogP contribution in [0.4, 0.5) is 0 Å². The molecule has 4 aromatic rings. The number of thiophene rings is 1. The van der Waals surface area contributed by atoms with Crippen LogP contribution in [0.25, 0.3) is 21.2 Å². The molecular formula is C34H40IrNO3S-. The molecule has 0 aliphatic heterocycles. The zero-order valence-electron chi connectivity index (χ0n) is 24.7. The SMILES string of the molecule is CCC(C)(C)C(=O)/C=C(\O)C(C)(C)CC.Cc1[c-]c(Oc2cc3c(-c4ccccc4)csc3cn2)cc(C)c1.[Ir]. The summed E-state index contributed by atoms with van der Waals surface area (Å²) in [6.45, 7) is 15.7. The molecule has 6 heteroatoms. The van der Waals surface area contributed by atoms with Gasteiger partial charge in [0.1, 0.15) is 5.76 Å². The smallest absolute Gasteiger partial charge is 0.217 e. The van der Waals surface area contributed by atoms with Crippen LogP contribution in [0.1, 0.15) is 65.5 Å². The first-order chi connectivity index (χ1) is 18.4. The predicted octanol–water partition coefficient (Wildman–Crippen LogP) is 10.0. The van der Waals surface area contributed by atoms with Gasteiger partial charge in [-0.3, -0.25) is 4.79 Å². The molecule has 0 spiro atoms. The van der Waals surface area contributed by atoms with Crippen molar-refractivity contribution in [2.75, 3.05) is 0 Å². The maximum atomic E-state index is 11.8. The van der Waals surface area contributed by atoms with E-state index in [4.69, 9.17) is 4.74 Å². The normalized spacial score (nSPS) is 11.8. The van der Waals surface area contributed by atoms with Crippen molar-refractivity contribution in [3.05, 3.63) is 89.1 Å². The summed E-state index contributed by atoms with van der Waals surface area (Å²) < 4.78 is 7.10. The topological polar surface area (TPSA) is 59.4 Å². The summed E-state index contributed by atoms with van der Waals surface area (Å²) >= 11 is 1.70. The first-order valence-corrected chi connectivity index (χ1v) is 14.3. The number of fused-ring (bicyclic) bond motifs is 1. The Morgan fingerprint density at radius 1 is 1.02 bits per heavy atom. The molecule has 2 aromatic heterocycles. The summed E-state index contributed by atoms with van der Waals surface area (Å²) in [6, 6.07) is 19.7. The van der Waals surface area contributed by atoms with Crippen molar-refractivity contribution in [3.8, 4) is 22.8 Å². The Labute approximate surface area is 256 Å². The van der Waals surface area contributed by atoms with Crippen molar-refractivity contribution in [1.82, 2.24) is 4.98 Å². The minimum Gasteiger partial charge on any atom is -0.512 e. The minimum atomic E-state index is -0.377. The van der Waals surface area contributed by atoms with Crippen LogP contribution in [-0.4, -0.2) is 15.9 Å². The summed E-state index contributed by atoms with van der Waals surface area (Å²) in [6.07, 6.45) is 4.87. The fourth-order valence-electron chi connectivity index (χ4n) is 3.71. The van der Waals surface area contributed by atoms with Crippen molar-refractivity contribution in [3.63, 3.8) is 0 Å². The van der Waals surface area contributed by atoms with E-state index < -0.39 is 0 Å². The van der Waals surface area contributed by atoms with Crippen molar-refractivity contribution in [2.45, 2.75) is 68.2 Å². The van der Waals surface area contributed by atoms with Gasteiger partial charge < -0.3 is 9.84 Å². The summed E-state index contributed by atoms with van der Waals surface area (Å²) in [5.74, 6) is 1.50. The molecule has 40 heavy (non-hydrogen) atoms. The van der Waals surface area contributed by atoms with Gasteiger partial charge in [-0.05, 0) is 23.8 Å². The molecule has 0 amide bonds. The van der Waals surface area contributed by atoms with E-state index >= 15 is 0 Å². The second kappa shape index (κ2) is 14.2. The van der Waals surface area contributed by atoms with Crippen molar-refractivity contribution in [1.29, 1.82) is 0 Å². The van der Waals surface area contributed by atoms with Gasteiger partial charge in [0, 0.05) is 66.0 Å². The van der Waals surface area contributed by atoms with Gasteiger partial charge in [-0.2, -0.15) is 17.2 Å². The number of hydrogen-bond acceptors (Lipinski definition) is 5. The van der Waals surface area contributed by atoms with Crippen LogP contribution in [0.15, 0.2) is 71.9 Å². The predicted molar refractivity (Wildman–Crippen MR) is 164 cm³/mol. The van der Waals surface area contributed by atoms with Crippen molar-refractivity contribution >= 4 is 27.2 Å². The number of benzene rings is 2. The van der Waals surface area contributed by atoms with E-state index in [2.05, 4.69) is 53.7 Å². The number of carbonyl (C=O) groups excluding carboxylic acids is 1. The largest absolute Gasteiger partial charge is 0.512 e. The van der Waals surface area contributed by atoms with Gasteiger partial charge in [-0.25, -0.2) is 4.98 Å². The first-order valence-electron chi connectivity index (χ1n) is 13.4. The Bertz CT molecular complexity index is 1430. The number of hydrogen-bond donors (Lipinski definition) is 1. The van der Waals surface area contributed by atoms with Crippen LogP contribution in [0.3, 0.4) is 0 Å². The molecule has 1 radical (unpaired) electrons. The number of aliphatic hydroxyl groups excluding tert-OH is 1. The average Bonchev–Trinajstić information content (AvgIpc) is 3.32. The Kier molecular flexibility index (Phi) is 11.9. The number of aryl methyl sites for hydroxylation is 2. The van der Waals surface area contributed by atoms with E-state index in [-0.39, 0.29) is 42.5 Å². The maximum absolute atomic E-state index is 11.8. The Morgan fingerprint density at radius 3 is 2.27 bits per heavy atom. The average molecular weight is 735 g/mol. The van der Waals surface area contributed by atoms with Crippen molar-refractivity contribution < 1.29 is 34.7 Å². The number of ketones is 1. The number of aromatic nitrogens is 1. The van der Waals surface area contributed by atoms with Gasteiger partial charge in [-0.1, -0.05) is 85.7 Å². The Morgan fingerprint density at radius 2 is 1.68 bits per heavy atom. The van der Waals surface area contributed by atoms with E-state index in [0.717, 1.165) is 28.7 Å². The molecule has 4 nitrogen and oxygen atoms in total. The molecular weight excluding hydrogens is 695 g/mol.